The minimum absolute atomic E-state index is 0.0350. The van der Waals surface area contributed by atoms with Crippen LogP contribution in [0, 0.1) is 20.8 Å². The number of nitrogens with zero attached hydrogens (tertiary/aromatic N) is 3. The van der Waals surface area contributed by atoms with Crippen LogP contribution in [0.1, 0.15) is 34.0 Å². The van der Waals surface area contributed by atoms with Gasteiger partial charge in [0.2, 0.25) is 11.8 Å². The van der Waals surface area contributed by atoms with Crippen LogP contribution in [0.5, 0.6) is 0 Å². The third-order valence-electron chi connectivity index (χ3n) is 4.46. The second kappa shape index (κ2) is 10.0. The SMILES string of the molecule is CCOC(=O)c1cnn(C)c1NC(=O)CN(C)CC(=O)Nc1c(C)cc(C)cc1C. The van der Waals surface area contributed by atoms with Crippen molar-refractivity contribution < 1.29 is 19.1 Å². The molecule has 0 radical (unpaired) electrons. The Morgan fingerprint density at radius 3 is 2.20 bits per heavy atom. The quantitative estimate of drug-likeness (QED) is 0.639. The van der Waals surface area contributed by atoms with Crippen molar-refractivity contribution in [2.24, 2.45) is 7.05 Å². The van der Waals surface area contributed by atoms with E-state index in [0.29, 0.717) is 0 Å². The van der Waals surface area contributed by atoms with Crippen LogP contribution in [0.15, 0.2) is 18.3 Å². The summed E-state index contributed by atoms with van der Waals surface area (Å²) < 4.78 is 6.36. The number of aromatic nitrogens is 2. The van der Waals surface area contributed by atoms with Gasteiger partial charge in [0.05, 0.1) is 25.9 Å². The molecule has 2 amide bonds. The lowest BCUT2D eigenvalue weighted by Gasteiger charge is -2.18. The number of ether oxygens (including phenoxy) is 1. The van der Waals surface area contributed by atoms with Crippen LogP contribution in [-0.4, -0.2) is 59.2 Å². The second-order valence-corrected chi connectivity index (χ2v) is 7.29. The Morgan fingerprint density at radius 2 is 1.63 bits per heavy atom. The zero-order chi connectivity index (χ0) is 22.4. The van der Waals surface area contributed by atoms with Crippen molar-refractivity contribution in [2.45, 2.75) is 27.7 Å². The van der Waals surface area contributed by atoms with Gasteiger partial charge >= 0.3 is 5.97 Å². The Bertz CT molecular complexity index is 928. The van der Waals surface area contributed by atoms with Crippen molar-refractivity contribution in [3.63, 3.8) is 0 Å². The molecule has 0 atom stereocenters. The van der Waals surface area contributed by atoms with Crippen LogP contribution in [0.4, 0.5) is 11.5 Å². The van der Waals surface area contributed by atoms with Gasteiger partial charge in [0.25, 0.3) is 0 Å². The highest BCUT2D eigenvalue weighted by Gasteiger charge is 2.20. The number of hydrogen-bond donors (Lipinski definition) is 2. The minimum atomic E-state index is -0.558. The van der Waals surface area contributed by atoms with Gasteiger partial charge in [0, 0.05) is 12.7 Å². The van der Waals surface area contributed by atoms with Crippen molar-refractivity contribution >= 4 is 29.3 Å². The number of carbonyl (C=O) groups is 3. The molecule has 0 bridgehead atoms. The monoisotopic (exact) mass is 415 g/mol. The van der Waals surface area contributed by atoms with Crippen molar-refractivity contribution in [2.75, 3.05) is 37.4 Å². The van der Waals surface area contributed by atoms with Crippen molar-refractivity contribution in [1.82, 2.24) is 14.7 Å². The van der Waals surface area contributed by atoms with Gasteiger partial charge in [-0.1, -0.05) is 17.7 Å². The van der Waals surface area contributed by atoms with Crippen LogP contribution in [0.3, 0.4) is 0 Å². The first-order valence-electron chi connectivity index (χ1n) is 9.67. The molecule has 2 rings (SSSR count). The number of aryl methyl sites for hydroxylation is 4. The number of anilines is 2. The molecule has 0 spiro atoms. The summed E-state index contributed by atoms with van der Waals surface area (Å²) in [6, 6.07) is 4.02. The highest BCUT2D eigenvalue weighted by molar-refractivity contribution is 6.01. The van der Waals surface area contributed by atoms with E-state index in [1.54, 1.807) is 25.9 Å². The fourth-order valence-electron chi connectivity index (χ4n) is 3.22. The number of rotatable bonds is 8. The summed E-state index contributed by atoms with van der Waals surface area (Å²) in [7, 11) is 3.28. The molecule has 0 saturated carbocycles. The van der Waals surface area contributed by atoms with Gasteiger partial charge < -0.3 is 15.4 Å². The Hall–Kier alpha value is -3.20. The summed E-state index contributed by atoms with van der Waals surface area (Å²) in [6.45, 7) is 7.82. The van der Waals surface area contributed by atoms with Gasteiger partial charge in [-0.2, -0.15) is 5.10 Å². The number of nitrogens with one attached hydrogen (secondary N) is 2. The first kappa shape index (κ1) is 23.1. The second-order valence-electron chi connectivity index (χ2n) is 7.29. The first-order chi connectivity index (χ1) is 14.1. The predicted octanol–water partition coefficient (Wildman–Crippen LogP) is 2.03. The summed E-state index contributed by atoms with van der Waals surface area (Å²) in [6.07, 6.45) is 1.34. The van der Waals surface area contributed by atoms with E-state index in [1.165, 1.54) is 10.9 Å². The number of carbonyl (C=O) groups excluding carboxylic acids is 3. The summed E-state index contributed by atoms with van der Waals surface area (Å²) in [5.74, 6) is -0.894. The smallest absolute Gasteiger partial charge is 0.343 e. The highest BCUT2D eigenvalue weighted by Crippen LogP contribution is 2.21. The largest absolute Gasteiger partial charge is 0.462 e. The molecular weight excluding hydrogens is 386 g/mol. The molecule has 0 aliphatic rings. The van der Waals surface area contributed by atoms with Crippen LogP contribution < -0.4 is 10.6 Å². The van der Waals surface area contributed by atoms with E-state index in [4.69, 9.17) is 4.74 Å². The van der Waals surface area contributed by atoms with Gasteiger partial charge in [-0.15, -0.1) is 0 Å². The summed E-state index contributed by atoms with van der Waals surface area (Å²) in [5, 5.41) is 9.57. The Balaban J connectivity index is 1.95. The molecule has 30 heavy (non-hydrogen) atoms. The van der Waals surface area contributed by atoms with Crippen LogP contribution in [-0.2, 0) is 21.4 Å². The number of likely N-dealkylation sites (N-methyl/N-ethyl adjacent to an activating group) is 1. The Labute approximate surface area is 176 Å². The number of esters is 1. The fraction of sp³-hybridized carbons (Fsp3) is 0.429. The van der Waals surface area contributed by atoms with E-state index >= 15 is 0 Å². The molecule has 1 aromatic heterocycles. The lowest BCUT2D eigenvalue weighted by molar-refractivity contribution is -0.119. The van der Waals surface area contributed by atoms with Crippen molar-refractivity contribution in [3.05, 3.63) is 40.6 Å². The van der Waals surface area contributed by atoms with E-state index in [1.807, 2.05) is 32.9 Å². The predicted molar refractivity (Wildman–Crippen MR) is 115 cm³/mol. The molecule has 2 aromatic rings. The number of hydrogen-bond acceptors (Lipinski definition) is 6. The van der Waals surface area contributed by atoms with E-state index < -0.39 is 5.97 Å². The molecule has 9 nitrogen and oxygen atoms in total. The fourth-order valence-corrected chi connectivity index (χ4v) is 3.22. The zero-order valence-corrected chi connectivity index (χ0v) is 18.3. The highest BCUT2D eigenvalue weighted by atomic mass is 16.5. The molecular formula is C21H29N5O4. The van der Waals surface area contributed by atoms with Gasteiger partial charge in [-0.05, 0) is 45.9 Å². The first-order valence-corrected chi connectivity index (χ1v) is 9.67. The molecule has 1 aromatic carbocycles. The maximum absolute atomic E-state index is 12.4. The average molecular weight is 415 g/mol. The van der Waals surface area contributed by atoms with Crippen LogP contribution in [0.25, 0.3) is 0 Å². The van der Waals surface area contributed by atoms with E-state index in [-0.39, 0.29) is 42.9 Å². The number of amides is 2. The topological polar surface area (TPSA) is 106 Å². The number of benzene rings is 1. The molecule has 162 valence electrons. The standard InChI is InChI=1S/C21H29N5O4/c1-7-30-21(29)16-10-22-26(6)20(16)24-18(28)12-25(5)11-17(27)23-19-14(3)8-13(2)9-15(19)4/h8-10H,7,11-12H2,1-6H3,(H,23,27)(H,24,28). The summed E-state index contributed by atoms with van der Waals surface area (Å²) in [4.78, 5) is 38.4. The zero-order valence-electron chi connectivity index (χ0n) is 18.3. The molecule has 0 unspecified atom stereocenters. The molecule has 9 heteroatoms. The van der Waals surface area contributed by atoms with E-state index in [2.05, 4.69) is 15.7 Å². The minimum Gasteiger partial charge on any atom is -0.462 e. The van der Waals surface area contributed by atoms with Crippen molar-refractivity contribution in [1.29, 1.82) is 0 Å². The molecule has 0 aliphatic carbocycles. The maximum atomic E-state index is 12.4. The van der Waals surface area contributed by atoms with Gasteiger partial charge in [-0.3, -0.25) is 19.2 Å². The van der Waals surface area contributed by atoms with Crippen LogP contribution >= 0.6 is 0 Å². The van der Waals surface area contributed by atoms with E-state index in [9.17, 15) is 14.4 Å². The molecule has 1 heterocycles. The third-order valence-corrected chi connectivity index (χ3v) is 4.46. The average Bonchev–Trinajstić information content (AvgIpc) is 2.98. The lowest BCUT2D eigenvalue weighted by Crippen LogP contribution is -2.36. The summed E-state index contributed by atoms with van der Waals surface area (Å²) in [5.41, 5.74) is 4.08. The normalized spacial score (nSPS) is 10.8. The van der Waals surface area contributed by atoms with Crippen molar-refractivity contribution in [3.8, 4) is 0 Å². The molecule has 0 fully saturated rings. The summed E-state index contributed by atoms with van der Waals surface area (Å²) >= 11 is 0. The Kier molecular flexibility index (Phi) is 7.71. The third kappa shape index (κ3) is 5.90. The molecule has 0 saturated heterocycles. The molecule has 2 N–H and O–H groups in total. The van der Waals surface area contributed by atoms with Gasteiger partial charge in [-0.25, -0.2) is 4.79 Å². The van der Waals surface area contributed by atoms with Gasteiger partial charge in [0.1, 0.15) is 11.4 Å². The molecule has 0 aliphatic heterocycles. The Morgan fingerprint density at radius 1 is 1.07 bits per heavy atom. The maximum Gasteiger partial charge on any atom is 0.343 e. The van der Waals surface area contributed by atoms with Gasteiger partial charge in [0.15, 0.2) is 0 Å². The lowest BCUT2D eigenvalue weighted by atomic mass is 10.1. The van der Waals surface area contributed by atoms with E-state index in [0.717, 1.165) is 22.4 Å². The van der Waals surface area contributed by atoms with Crippen LogP contribution in [0.2, 0.25) is 0 Å².